The van der Waals surface area contributed by atoms with Crippen LogP contribution < -0.4 is 10.0 Å². The lowest BCUT2D eigenvalue weighted by molar-refractivity contribution is 0.0992. The van der Waals surface area contributed by atoms with Crippen molar-refractivity contribution in [2.75, 3.05) is 16.3 Å². The van der Waals surface area contributed by atoms with Crippen LogP contribution in [0.15, 0.2) is 75.1 Å². The molecule has 0 aliphatic heterocycles. The van der Waals surface area contributed by atoms with Crippen LogP contribution in [0, 0.1) is 0 Å². The van der Waals surface area contributed by atoms with Gasteiger partial charge < -0.3 is 9.73 Å². The largest absolute Gasteiger partial charge is 0.444 e. The van der Waals surface area contributed by atoms with Gasteiger partial charge in [-0.3, -0.25) is 9.52 Å². The average molecular weight is 423 g/mol. The van der Waals surface area contributed by atoms with Gasteiger partial charge >= 0.3 is 0 Å². The molecule has 2 N–H and O–H groups in total. The van der Waals surface area contributed by atoms with E-state index in [0.29, 0.717) is 15.8 Å². The number of rotatable bonds is 6. The number of carbonyl (C=O) groups excluding carboxylic acids is 1. The third kappa shape index (κ3) is 5.53. The summed E-state index contributed by atoms with van der Waals surface area (Å²) in [6.07, 6.45) is 1.04. The maximum Gasteiger partial charge on any atom is 0.291 e. The van der Waals surface area contributed by atoms with Crippen LogP contribution in [0.5, 0.6) is 0 Å². The Hall–Kier alpha value is -2.42. The van der Waals surface area contributed by atoms with E-state index in [-0.39, 0.29) is 11.4 Å². The molecule has 1 aromatic heterocycles. The molecule has 140 valence electrons. The van der Waals surface area contributed by atoms with Crippen LogP contribution in [0.25, 0.3) is 0 Å². The molecule has 1 heterocycles. The van der Waals surface area contributed by atoms with E-state index in [9.17, 15) is 13.2 Å². The van der Waals surface area contributed by atoms with Crippen LogP contribution in [-0.2, 0) is 10.0 Å². The van der Waals surface area contributed by atoms with Crippen LogP contribution in [0.2, 0.25) is 5.02 Å². The average Bonchev–Trinajstić information content (AvgIpc) is 3.06. The van der Waals surface area contributed by atoms with Gasteiger partial charge in [0.05, 0.1) is 17.6 Å². The Bertz CT molecular complexity index is 1060. The molecule has 0 fully saturated rings. The number of para-hydroxylation sites is 2. The van der Waals surface area contributed by atoms with Gasteiger partial charge in [-0.2, -0.15) is 0 Å². The van der Waals surface area contributed by atoms with Gasteiger partial charge in [-0.25, -0.2) is 8.42 Å². The molecule has 0 saturated carbocycles. The zero-order valence-corrected chi connectivity index (χ0v) is 16.5. The molecule has 0 spiro atoms. The van der Waals surface area contributed by atoms with Gasteiger partial charge in [0.25, 0.3) is 5.91 Å². The van der Waals surface area contributed by atoms with Crippen LogP contribution in [0.4, 0.5) is 11.4 Å². The Morgan fingerprint density at radius 3 is 2.33 bits per heavy atom. The normalized spacial score (nSPS) is 11.2. The maximum atomic E-state index is 12.4. The monoisotopic (exact) mass is 422 g/mol. The highest BCUT2D eigenvalue weighted by molar-refractivity contribution is 7.99. The fraction of sp³-hybridized carbons (Fsp3) is 0.0556. The first-order valence-corrected chi connectivity index (χ1v) is 10.8. The van der Waals surface area contributed by atoms with E-state index < -0.39 is 15.9 Å². The van der Waals surface area contributed by atoms with Crippen LogP contribution in [0.3, 0.4) is 0 Å². The molecule has 27 heavy (non-hydrogen) atoms. The van der Waals surface area contributed by atoms with E-state index in [4.69, 9.17) is 16.0 Å². The number of nitrogens with one attached hydrogen (secondary N) is 2. The number of hydrogen-bond donors (Lipinski definition) is 2. The zero-order chi connectivity index (χ0) is 19.4. The zero-order valence-electron chi connectivity index (χ0n) is 14.1. The molecule has 0 saturated heterocycles. The number of carbonyl (C=O) groups is 1. The molecular formula is C18H15ClN2O4S2. The van der Waals surface area contributed by atoms with Gasteiger partial charge in [-0.15, -0.1) is 0 Å². The molecule has 0 unspecified atom stereocenters. The van der Waals surface area contributed by atoms with Crippen molar-refractivity contribution < 1.29 is 17.6 Å². The Labute approximate surface area is 166 Å². The molecule has 0 atom stereocenters. The lowest BCUT2D eigenvalue weighted by Gasteiger charge is -2.10. The minimum Gasteiger partial charge on any atom is -0.444 e. The minimum atomic E-state index is -3.47. The minimum absolute atomic E-state index is 0.112. The number of benzene rings is 2. The van der Waals surface area contributed by atoms with E-state index in [1.54, 1.807) is 48.5 Å². The van der Waals surface area contributed by atoms with E-state index in [2.05, 4.69) is 10.0 Å². The van der Waals surface area contributed by atoms with Crippen molar-refractivity contribution in [3.8, 4) is 0 Å². The molecule has 0 radical (unpaired) electrons. The summed E-state index contributed by atoms with van der Waals surface area (Å²) < 4.78 is 30.8. The van der Waals surface area contributed by atoms with Crippen molar-refractivity contribution in [3.63, 3.8) is 0 Å². The second-order valence-corrected chi connectivity index (χ2v) is 8.81. The van der Waals surface area contributed by atoms with Crippen molar-refractivity contribution in [2.45, 2.75) is 9.99 Å². The lowest BCUT2D eigenvalue weighted by Crippen LogP contribution is -2.15. The quantitative estimate of drug-likeness (QED) is 0.600. The number of amides is 1. The van der Waals surface area contributed by atoms with Gasteiger partial charge in [0.2, 0.25) is 10.0 Å². The number of hydrogen-bond acceptors (Lipinski definition) is 5. The number of furan rings is 1. The lowest BCUT2D eigenvalue weighted by atomic mass is 10.2. The van der Waals surface area contributed by atoms with Crippen LogP contribution in [0.1, 0.15) is 10.6 Å². The first kappa shape index (κ1) is 19.3. The number of sulfonamides is 1. The van der Waals surface area contributed by atoms with Crippen molar-refractivity contribution in [2.24, 2.45) is 0 Å². The van der Waals surface area contributed by atoms with E-state index in [1.165, 1.54) is 11.8 Å². The summed E-state index contributed by atoms with van der Waals surface area (Å²) in [5.74, 6) is -0.374. The first-order chi connectivity index (χ1) is 12.8. The summed E-state index contributed by atoms with van der Waals surface area (Å²) in [7, 11) is -3.47. The highest BCUT2D eigenvalue weighted by Crippen LogP contribution is 2.30. The first-order valence-electron chi connectivity index (χ1n) is 7.71. The summed E-state index contributed by atoms with van der Waals surface area (Å²) in [6, 6.07) is 17.0. The highest BCUT2D eigenvalue weighted by atomic mass is 35.5. The molecule has 0 bridgehead atoms. The third-order valence-corrected chi connectivity index (χ3v) is 5.08. The Balaban J connectivity index is 1.72. The summed E-state index contributed by atoms with van der Waals surface area (Å²) in [4.78, 5) is 13.4. The number of halogens is 1. The van der Waals surface area contributed by atoms with Gasteiger partial charge in [0.15, 0.2) is 10.9 Å². The topological polar surface area (TPSA) is 88.4 Å². The fourth-order valence-corrected chi connectivity index (χ4v) is 3.66. The molecule has 6 nitrogen and oxygen atoms in total. The molecule has 3 rings (SSSR count). The molecule has 2 aromatic carbocycles. The SMILES string of the molecule is CS(=O)(=O)Nc1ccccc1NC(=O)c1ccc(Sc2ccc(Cl)cc2)o1. The van der Waals surface area contributed by atoms with Crippen LogP contribution >= 0.6 is 23.4 Å². The fourth-order valence-electron chi connectivity index (χ4n) is 2.18. The molecule has 3 aromatic rings. The van der Waals surface area contributed by atoms with Gasteiger partial charge in [-0.1, -0.05) is 35.5 Å². The van der Waals surface area contributed by atoms with Crippen molar-refractivity contribution in [3.05, 3.63) is 71.4 Å². The molecule has 9 heteroatoms. The summed E-state index contributed by atoms with van der Waals surface area (Å²) in [5, 5.41) is 3.83. The molecule has 0 aliphatic carbocycles. The van der Waals surface area contributed by atoms with E-state index in [1.807, 2.05) is 12.1 Å². The van der Waals surface area contributed by atoms with Crippen molar-refractivity contribution >= 4 is 50.7 Å². The molecular weight excluding hydrogens is 408 g/mol. The predicted molar refractivity (Wildman–Crippen MR) is 107 cm³/mol. The Kier molecular flexibility index (Phi) is 5.79. The smallest absolute Gasteiger partial charge is 0.291 e. The number of anilines is 2. The van der Waals surface area contributed by atoms with Gasteiger partial charge in [0, 0.05) is 9.92 Å². The van der Waals surface area contributed by atoms with Crippen molar-refractivity contribution in [1.82, 2.24) is 0 Å². The molecule has 0 aliphatic rings. The van der Waals surface area contributed by atoms with Gasteiger partial charge in [0.1, 0.15) is 0 Å². The van der Waals surface area contributed by atoms with Crippen LogP contribution in [-0.4, -0.2) is 20.6 Å². The van der Waals surface area contributed by atoms with E-state index >= 15 is 0 Å². The van der Waals surface area contributed by atoms with Gasteiger partial charge in [-0.05, 0) is 48.5 Å². The summed E-state index contributed by atoms with van der Waals surface area (Å²) >= 11 is 7.22. The molecule has 1 amide bonds. The van der Waals surface area contributed by atoms with Crippen molar-refractivity contribution in [1.29, 1.82) is 0 Å². The third-order valence-electron chi connectivity index (χ3n) is 3.31. The Morgan fingerprint density at radius 1 is 1.00 bits per heavy atom. The van der Waals surface area contributed by atoms with E-state index in [0.717, 1.165) is 11.2 Å². The summed E-state index contributed by atoms with van der Waals surface area (Å²) in [5.41, 5.74) is 0.604. The second kappa shape index (κ2) is 8.08. The highest BCUT2D eigenvalue weighted by Gasteiger charge is 2.15. The standard InChI is InChI=1S/C18H15ClN2O4S2/c1-27(23,24)21-15-5-3-2-4-14(15)20-18(22)16-10-11-17(25-16)26-13-8-6-12(19)7-9-13/h2-11,21H,1H3,(H,20,22). The summed E-state index contributed by atoms with van der Waals surface area (Å²) in [6.45, 7) is 0. The predicted octanol–water partition coefficient (Wildman–Crippen LogP) is 4.71. The Morgan fingerprint density at radius 2 is 1.67 bits per heavy atom. The maximum absolute atomic E-state index is 12.4. The second-order valence-electron chi connectivity index (χ2n) is 5.55.